The average Bonchev–Trinajstić information content (AvgIpc) is 2.20. The van der Waals surface area contributed by atoms with E-state index < -0.39 is 5.41 Å². The zero-order valence-electron chi connectivity index (χ0n) is 10.6. The summed E-state index contributed by atoms with van der Waals surface area (Å²) in [6.45, 7) is 9.73. The summed E-state index contributed by atoms with van der Waals surface area (Å²) in [5, 5.41) is 0. The van der Waals surface area contributed by atoms with Crippen LogP contribution in [0.15, 0.2) is 12.2 Å². The third-order valence-corrected chi connectivity index (χ3v) is 4.35. The molecular formula is C14H22O2. The van der Waals surface area contributed by atoms with Crippen molar-refractivity contribution in [2.24, 2.45) is 17.3 Å². The van der Waals surface area contributed by atoms with Gasteiger partial charge in [0.15, 0.2) is 0 Å². The third kappa shape index (κ3) is 2.26. The number of allylic oxidation sites excluding steroid dienone is 1. The van der Waals surface area contributed by atoms with Crippen molar-refractivity contribution in [2.45, 2.75) is 46.5 Å². The van der Waals surface area contributed by atoms with E-state index in [4.69, 9.17) is 0 Å². The second-order valence-corrected chi connectivity index (χ2v) is 5.31. The van der Waals surface area contributed by atoms with E-state index in [9.17, 15) is 9.59 Å². The molecule has 2 nitrogen and oxygen atoms in total. The Kier molecular flexibility index (Phi) is 4.06. The van der Waals surface area contributed by atoms with Crippen LogP contribution >= 0.6 is 0 Å². The molecule has 2 heteroatoms. The van der Waals surface area contributed by atoms with Crippen molar-refractivity contribution < 1.29 is 9.59 Å². The first-order valence-electron chi connectivity index (χ1n) is 6.04. The molecule has 0 saturated heterocycles. The van der Waals surface area contributed by atoms with Gasteiger partial charge in [0.1, 0.15) is 12.1 Å². The monoisotopic (exact) mass is 222 g/mol. The summed E-state index contributed by atoms with van der Waals surface area (Å²) in [6, 6.07) is 0. The smallest absolute Gasteiger partial charge is 0.136 e. The van der Waals surface area contributed by atoms with E-state index in [2.05, 4.69) is 13.5 Å². The summed E-state index contributed by atoms with van der Waals surface area (Å²) in [5.41, 5.74) is 0.715. The molecule has 1 aliphatic carbocycles. The van der Waals surface area contributed by atoms with Gasteiger partial charge in [0.25, 0.3) is 0 Å². The zero-order chi connectivity index (χ0) is 12.3. The molecule has 90 valence electrons. The van der Waals surface area contributed by atoms with Gasteiger partial charge in [-0.15, -0.1) is 0 Å². The Bertz CT molecular complexity index is 306. The van der Waals surface area contributed by atoms with Crippen LogP contribution in [0.25, 0.3) is 0 Å². The van der Waals surface area contributed by atoms with Crippen LogP contribution in [-0.4, -0.2) is 12.1 Å². The molecule has 0 spiro atoms. The second kappa shape index (κ2) is 4.94. The molecule has 0 amide bonds. The van der Waals surface area contributed by atoms with Crippen LogP contribution in [0, 0.1) is 17.3 Å². The molecule has 1 saturated carbocycles. The fourth-order valence-electron chi connectivity index (χ4n) is 2.96. The highest BCUT2D eigenvalue weighted by molar-refractivity contribution is 5.85. The van der Waals surface area contributed by atoms with E-state index in [1.54, 1.807) is 6.92 Å². The van der Waals surface area contributed by atoms with Gasteiger partial charge in [-0.05, 0) is 44.9 Å². The van der Waals surface area contributed by atoms with Gasteiger partial charge in [-0.25, -0.2) is 0 Å². The number of carbonyl (C=O) groups excluding carboxylic acids is 2. The molecule has 0 heterocycles. The summed E-state index contributed by atoms with van der Waals surface area (Å²) >= 11 is 0. The van der Waals surface area contributed by atoms with E-state index in [1.165, 1.54) is 0 Å². The van der Waals surface area contributed by atoms with Crippen molar-refractivity contribution in [3.8, 4) is 0 Å². The van der Waals surface area contributed by atoms with E-state index in [0.29, 0.717) is 18.3 Å². The Morgan fingerprint density at radius 1 is 1.44 bits per heavy atom. The van der Waals surface area contributed by atoms with Gasteiger partial charge in [-0.2, -0.15) is 0 Å². The minimum Gasteiger partial charge on any atom is -0.303 e. The number of rotatable bonds is 4. The van der Waals surface area contributed by atoms with Gasteiger partial charge < -0.3 is 4.79 Å². The van der Waals surface area contributed by atoms with E-state index in [0.717, 1.165) is 31.1 Å². The van der Waals surface area contributed by atoms with Crippen molar-refractivity contribution in [3.63, 3.8) is 0 Å². The van der Waals surface area contributed by atoms with E-state index in [1.807, 2.05) is 6.92 Å². The molecule has 0 aromatic rings. The van der Waals surface area contributed by atoms with Crippen LogP contribution in [0.1, 0.15) is 46.5 Å². The maximum absolute atomic E-state index is 11.9. The molecule has 0 N–H and O–H groups in total. The van der Waals surface area contributed by atoms with Crippen molar-refractivity contribution in [3.05, 3.63) is 12.2 Å². The van der Waals surface area contributed by atoms with Crippen LogP contribution in [-0.2, 0) is 9.59 Å². The molecule has 0 bridgehead atoms. The van der Waals surface area contributed by atoms with Crippen LogP contribution in [0.5, 0.6) is 0 Å². The van der Waals surface area contributed by atoms with Crippen LogP contribution < -0.4 is 0 Å². The first kappa shape index (κ1) is 13.1. The van der Waals surface area contributed by atoms with Gasteiger partial charge in [0.2, 0.25) is 0 Å². The van der Waals surface area contributed by atoms with E-state index >= 15 is 0 Å². The number of Topliss-reactive ketones (excluding diaryl/α,β-unsaturated/α-hetero) is 1. The van der Waals surface area contributed by atoms with Crippen LogP contribution in [0.4, 0.5) is 0 Å². The fraction of sp³-hybridized carbons (Fsp3) is 0.714. The molecule has 3 atom stereocenters. The maximum atomic E-state index is 11.9. The zero-order valence-corrected chi connectivity index (χ0v) is 10.6. The van der Waals surface area contributed by atoms with Crippen molar-refractivity contribution in [1.82, 2.24) is 0 Å². The lowest BCUT2D eigenvalue weighted by molar-refractivity contribution is -0.135. The lowest BCUT2D eigenvalue weighted by Crippen LogP contribution is -2.42. The van der Waals surface area contributed by atoms with Gasteiger partial charge in [-0.1, -0.05) is 19.1 Å². The summed E-state index contributed by atoms with van der Waals surface area (Å²) in [7, 11) is 0. The van der Waals surface area contributed by atoms with Crippen LogP contribution in [0.2, 0.25) is 0 Å². The molecule has 1 fully saturated rings. The number of hydrogen-bond donors (Lipinski definition) is 0. The highest BCUT2D eigenvalue weighted by Gasteiger charge is 2.45. The largest absolute Gasteiger partial charge is 0.303 e. The Morgan fingerprint density at radius 2 is 2.06 bits per heavy atom. The Morgan fingerprint density at radius 3 is 2.50 bits per heavy atom. The third-order valence-electron chi connectivity index (χ3n) is 4.35. The average molecular weight is 222 g/mol. The molecule has 0 radical (unpaired) electrons. The fourth-order valence-corrected chi connectivity index (χ4v) is 2.96. The minimum atomic E-state index is -0.427. The van der Waals surface area contributed by atoms with E-state index in [-0.39, 0.29) is 5.78 Å². The van der Waals surface area contributed by atoms with Gasteiger partial charge in [-0.3, -0.25) is 4.79 Å². The summed E-state index contributed by atoms with van der Waals surface area (Å²) in [4.78, 5) is 22.7. The second-order valence-electron chi connectivity index (χ2n) is 5.31. The molecule has 16 heavy (non-hydrogen) atoms. The van der Waals surface area contributed by atoms with Gasteiger partial charge in [0.05, 0.1) is 0 Å². The maximum Gasteiger partial charge on any atom is 0.136 e. The quantitative estimate of drug-likeness (QED) is 0.541. The number of hydrogen-bond acceptors (Lipinski definition) is 2. The predicted octanol–water partition coefficient (Wildman–Crippen LogP) is 3.16. The first-order chi connectivity index (χ1) is 7.44. The predicted molar refractivity (Wildman–Crippen MR) is 65.1 cm³/mol. The molecule has 1 rings (SSSR count). The van der Waals surface area contributed by atoms with Gasteiger partial charge >= 0.3 is 0 Å². The first-order valence-corrected chi connectivity index (χ1v) is 6.04. The molecule has 1 unspecified atom stereocenters. The molecule has 0 aromatic heterocycles. The highest BCUT2D eigenvalue weighted by Crippen LogP contribution is 2.48. The summed E-state index contributed by atoms with van der Waals surface area (Å²) in [5.74, 6) is 0.879. The lowest BCUT2D eigenvalue weighted by Gasteiger charge is -2.43. The minimum absolute atomic E-state index is 0.165. The number of ketones is 1. The van der Waals surface area contributed by atoms with Crippen LogP contribution in [0.3, 0.4) is 0 Å². The normalized spacial score (nSPS) is 34.4. The van der Waals surface area contributed by atoms with Gasteiger partial charge in [0, 0.05) is 11.8 Å². The molecule has 0 aliphatic heterocycles. The molecule has 1 aliphatic rings. The highest BCUT2D eigenvalue weighted by atomic mass is 16.1. The number of aldehydes is 1. The standard InChI is InChI=1S/C14H22O2/c1-10(2)13-6-5-11(3)14(9-13,7-8-15)12(4)16/h8,11,13H,1,5-7,9H2,2-4H3/t11-,13-,14?/m1/s1. The SMILES string of the molecule is C=C(C)[C@@H]1CC[C@@H](C)C(CC=O)(C(C)=O)C1. The van der Waals surface area contributed by atoms with Crippen molar-refractivity contribution in [2.75, 3.05) is 0 Å². The molecule has 0 aromatic carbocycles. The topological polar surface area (TPSA) is 34.1 Å². The molecular weight excluding hydrogens is 200 g/mol. The Balaban J connectivity index is 2.98. The Labute approximate surface area is 98.1 Å². The summed E-state index contributed by atoms with van der Waals surface area (Å²) in [6.07, 6.45) is 4.19. The summed E-state index contributed by atoms with van der Waals surface area (Å²) < 4.78 is 0. The Hall–Kier alpha value is -0.920. The number of carbonyl (C=O) groups is 2. The van der Waals surface area contributed by atoms with Crippen molar-refractivity contribution in [1.29, 1.82) is 0 Å². The lowest BCUT2D eigenvalue weighted by atomic mass is 9.59. The van der Waals surface area contributed by atoms with Crippen molar-refractivity contribution >= 4 is 12.1 Å².